The summed E-state index contributed by atoms with van der Waals surface area (Å²) in [5, 5.41) is 19.2. The van der Waals surface area contributed by atoms with Crippen LogP contribution in [0.2, 0.25) is 0 Å². The summed E-state index contributed by atoms with van der Waals surface area (Å²) < 4.78 is 11.3. The number of carbonyl (C=O) groups excluding carboxylic acids is 1. The number of nitrogens with zero attached hydrogens (tertiary/aromatic N) is 1. The summed E-state index contributed by atoms with van der Waals surface area (Å²) >= 11 is 3.43. The predicted octanol–water partition coefficient (Wildman–Crippen LogP) is 2.25. The van der Waals surface area contributed by atoms with Gasteiger partial charge >= 0.3 is 13.2 Å². The van der Waals surface area contributed by atoms with Crippen molar-refractivity contribution in [2.45, 2.75) is 45.1 Å². The standard InChI is InChI=1S/C17H25BBrNO5/c1-17(2,3)25-16(21)20-7-5-11(6-8-20)12-9-13(18(22)23)15(24-4)14(19)10-12/h9-11,22-23H,5-8H2,1-4H3. The van der Waals surface area contributed by atoms with E-state index in [0.717, 1.165) is 18.4 Å². The zero-order valence-corrected chi connectivity index (χ0v) is 16.7. The Balaban J connectivity index is 2.09. The molecular formula is C17H25BBrNO5. The summed E-state index contributed by atoms with van der Waals surface area (Å²) in [6.45, 7) is 6.79. The van der Waals surface area contributed by atoms with Gasteiger partial charge in [-0.25, -0.2) is 4.79 Å². The summed E-state index contributed by atoms with van der Waals surface area (Å²) in [4.78, 5) is 13.9. The van der Waals surface area contributed by atoms with Gasteiger partial charge in [-0.2, -0.15) is 0 Å². The average Bonchev–Trinajstić information content (AvgIpc) is 2.52. The normalized spacial score (nSPS) is 15.9. The third-order valence-corrected chi connectivity index (χ3v) is 4.78. The number of rotatable bonds is 3. The van der Waals surface area contributed by atoms with Crippen LogP contribution in [-0.2, 0) is 4.74 Å². The number of benzene rings is 1. The van der Waals surface area contributed by atoms with Crippen molar-refractivity contribution in [3.63, 3.8) is 0 Å². The first-order chi connectivity index (χ1) is 11.6. The first kappa shape index (κ1) is 20.1. The van der Waals surface area contributed by atoms with Crippen molar-refractivity contribution in [1.82, 2.24) is 4.90 Å². The first-order valence-electron chi connectivity index (χ1n) is 8.33. The second-order valence-corrected chi connectivity index (χ2v) is 8.09. The van der Waals surface area contributed by atoms with E-state index in [1.165, 1.54) is 7.11 Å². The van der Waals surface area contributed by atoms with Crippen molar-refractivity contribution >= 4 is 34.6 Å². The largest absolute Gasteiger partial charge is 0.496 e. The number of hydrogen-bond donors (Lipinski definition) is 2. The van der Waals surface area contributed by atoms with Crippen LogP contribution in [0, 0.1) is 0 Å². The van der Waals surface area contributed by atoms with Gasteiger partial charge in [-0.15, -0.1) is 0 Å². The van der Waals surface area contributed by atoms with Gasteiger partial charge in [-0.3, -0.25) is 0 Å². The van der Waals surface area contributed by atoms with Crippen molar-refractivity contribution in [1.29, 1.82) is 0 Å². The van der Waals surface area contributed by atoms with E-state index in [-0.39, 0.29) is 12.0 Å². The maximum Gasteiger partial charge on any atom is 0.492 e. The molecule has 1 aromatic carbocycles. The minimum atomic E-state index is -1.60. The second kappa shape index (κ2) is 7.97. The molecule has 6 nitrogen and oxygen atoms in total. The molecule has 0 aromatic heterocycles. The Bertz CT molecular complexity index is 624. The number of likely N-dealkylation sites (tertiary alicyclic amines) is 1. The van der Waals surface area contributed by atoms with E-state index in [0.29, 0.717) is 28.8 Å². The van der Waals surface area contributed by atoms with Crippen LogP contribution in [0.25, 0.3) is 0 Å². The smallest absolute Gasteiger partial charge is 0.492 e. The summed E-state index contributed by atoms with van der Waals surface area (Å²) in [5.74, 6) is 0.656. The second-order valence-electron chi connectivity index (χ2n) is 7.24. The number of ether oxygens (including phenoxy) is 2. The SMILES string of the molecule is COc1c(Br)cc(C2CCN(C(=O)OC(C)(C)C)CC2)cc1B(O)O. The Morgan fingerprint density at radius 2 is 1.88 bits per heavy atom. The first-order valence-corrected chi connectivity index (χ1v) is 9.13. The van der Waals surface area contributed by atoms with Gasteiger partial charge in [-0.05, 0) is 67.1 Å². The Morgan fingerprint density at radius 3 is 2.36 bits per heavy atom. The molecule has 2 rings (SSSR count). The van der Waals surface area contributed by atoms with Gasteiger partial charge < -0.3 is 24.4 Å². The predicted molar refractivity (Wildman–Crippen MR) is 100 cm³/mol. The van der Waals surface area contributed by atoms with E-state index in [1.54, 1.807) is 11.0 Å². The molecule has 1 aromatic rings. The number of halogens is 1. The highest BCUT2D eigenvalue weighted by Crippen LogP contribution is 2.33. The molecule has 0 radical (unpaired) electrons. The van der Waals surface area contributed by atoms with Gasteiger partial charge in [0.1, 0.15) is 11.4 Å². The molecule has 0 aliphatic carbocycles. The number of carbonyl (C=O) groups is 1. The van der Waals surface area contributed by atoms with Crippen molar-refractivity contribution in [3.8, 4) is 5.75 Å². The van der Waals surface area contributed by atoms with Crippen LogP contribution in [0.5, 0.6) is 5.75 Å². The molecule has 0 bridgehead atoms. The number of hydrogen-bond acceptors (Lipinski definition) is 5. The summed E-state index contributed by atoms with van der Waals surface area (Å²) in [6.07, 6.45) is 1.30. The lowest BCUT2D eigenvalue weighted by Gasteiger charge is -2.34. The molecule has 0 saturated carbocycles. The van der Waals surface area contributed by atoms with Gasteiger partial charge in [0.05, 0.1) is 11.6 Å². The molecule has 25 heavy (non-hydrogen) atoms. The van der Waals surface area contributed by atoms with Gasteiger partial charge in [0, 0.05) is 18.6 Å². The molecule has 1 fully saturated rings. The fourth-order valence-corrected chi connectivity index (χ4v) is 3.66. The van der Waals surface area contributed by atoms with Gasteiger partial charge in [0.2, 0.25) is 0 Å². The molecule has 2 N–H and O–H groups in total. The van der Waals surface area contributed by atoms with Crippen LogP contribution in [0.1, 0.15) is 45.1 Å². The minimum absolute atomic E-state index is 0.235. The highest BCUT2D eigenvalue weighted by Gasteiger charge is 2.29. The maximum absolute atomic E-state index is 12.2. The topological polar surface area (TPSA) is 79.2 Å². The van der Waals surface area contributed by atoms with Crippen LogP contribution >= 0.6 is 15.9 Å². The monoisotopic (exact) mass is 413 g/mol. The Hall–Kier alpha value is -1.25. The molecule has 0 spiro atoms. The number of amides is 1. The van der Waals surface area contributed by atoms with Gasteiger partial charge in [-0.1, -0.05) is 6.07 Å². The van der Waals surface area contributed by atoms with Crippen molar-refractivity contribution in [2.24, 2.45) is 0 Å². The van der Waals surface area contributed by atoms with Crippen LogP contribution in [0.15, 0.2) is 16.6 Å². The Labute approximate surface area is 157 Å². The van der Waals surface area contributed by atoms with Crippen LogP contribution in [0.3, 0.4) is 0 Å². The molecule has 1 saturated heterocycles. The van der Waals surface area contributed by atoms with Crippen LogP contribution in [-0.4, -0.2) is 54.0 Å². The fraction of sp³-hybridized carbons (Fsp3) is 0.588. The molecule has 1 aliphatic rings. The van der Waals surface area contributed by atoms with Gasteiger partial charge in [0.15, 0.2) is 0 Å². The third-order valence-electron chi connectivity index (χ3n) is 4.20. The summed E-state index contributed by atoms with van der Waals surface area (Å²) in [7, 11) is -0.113. The van der Waals surface area contributed by atoms with E-state index in [1.807, 2.05) is 26.8 Å². The number of piperidine rings is 1. The average molecular weight is 414 g/mol. The third kappa shape index (κ3) is 5.12. The molecule has 8 heteroatoms. The Kier molecular flexibility index (Phi) is 6.40. The molecule has 0 unspecified atom stereocenters. The number of methoxy groups -OCH3 is 1. The van der Waals surface area contributed by atoms with E-state index in [9.17, 15) is 14.8 Å². The summed E-state index contributed by atoms with van der Waals surface area (Å²) in [5.41, 5.74) is 0.835. The molecule has 1 aliphatic heterocycles. The Morgan fingerprint density at radius 1 is 1.28 bits per heavy atom. The van der Waals surface area contributed by atoms with Gasteiger partial charge in [0.25, 0.3) is 0 Å². The lowest BCUT2D eigenvalue weighted by Crippen LogP contribution is -2.41. The molecule has 1 amide bonds. The van der Waals surface area contributed by atoms with Crippen molar-refractivity contribution < 1.29 is 24.3 Å². The lowest BCUT2D eigenvalue weighted by molar-refractivity contribution is 0.0205. The molecular weight excluding hydrogens is 389 g/mol. The quantitative estimate of drug-likeness (QED) is 0.743. The molecule has 138 valence electrons. The van der Waals surface area contributed by atoms with E-state index in [4.69, 9.17) is 9.47 Å². The minimum Gasteiger partial charge on any atom is -0.496 e. The fourth-order valence-electron chi connectivity index (χ4n) is 3.00. The van der Waals surface area contributed by atoms with Crippen molar-refractivity contribution in [3.05, 3.63) is 22.2 Å². The highest BCUT2D eigenvalue weighted by atomic mass is 79.9. The zero-order valence-electron chi connectivity index (χ0n) is 15.1. The van der Waals surface area contributed by atoms with E-state index in [2.05, 4.69) is 15.9 Å². The highest BCUT2D eigenvalue weighted by molar-refractivity contribution is 9.10. The van der Waals surface area contributed by atoms with Crippen LogP contribution in [0.4, 0.5) is 4.79 Å². The summed E-state index contributed by atoms with van der Waals surface area (Å²) in [6, 6.07) is 3.71. The lowest BCUT2D eigenvalue weighted by atomic mass is 9.76. The van der Waals surface area contributed by atoms with Crippen LogP contribution < -0.4 is 10.2 Å². The van der Waals surface area contributed by atoms with Crippen molar-refractivity contribution in [2.75, 3.05) is 20.2 Å². The molecule has 0 atom stereocenters. The zero-order chi connectivity index (χ0) is 18.8. The maximum atomic E-state index is 12.2. The van der Waals surface area contributed by atoms with E-state index >= 15 is 0 Å². The van der Waals surface area contributed by atoms with E-state index < -0.39 is 12.7 Å². The molecule has 1 heterocycles.